The van der Waals surface area contributed by atoms with Crippen LogP contribution in [0.1, 0.15) is 31.3 Å². The van der Waals surface area contributed by atoms with Crippen LogP contribution in [0, 0.1) is 12.7 Å². The lowest BCUT2D eigenvalue weighted by atomic mass is 10.2. The zero-order chi connectivity index (χ0) is 18.9. The van der Waals surface area contributed by atoms with Crippen molar-refractivity contribution < 1.29 is 12.8 Å². The van der Waals surface area contributed by atoms with Gasteiger partial charge in [-0.3, -0.25) is 0 Å². The Bertz CT molecular complexity index is 894. The van der Waals surface area contributed by atoms with Crippen molar-refractivity contribution in [3.63, 3.8) is 0 Å². The van der Waals surface area contributed by atoms with E-state index < -0.39 is 15.8 Å². The number of sulfonamides is 1. The lowest BCUT2D eigenvalue weighted by molar-refractivity contribution is 0.381. The van der Waals surface area contributed by atoms with E-state index in [1.165, 1.54) is 28.6 Å². The summed E-state index contributed by atoms with van der Waals surface area (Å²) in [4.78, 5) is 10.8. The lowest BCUT2D eigenvalue weighted by Gasteiger charge is -2.35. The SMILES string of the molecule is Cc1cc(N2CCN(S(=O)(=O)c3ccccc3F)CC2)nc(C(C)C)n1. The molecule has 0 aliphatic carbocycles. The van der Waals surface area contributed by atoms with E-state index in [4.69, 9.17) is 0 Å². The highest BCUT2D eigenvalue weighted by Crippen LogP contribution is 2.23. The molecule has 140 valence electrons. The Balaban J connectivity index is 1.77. The molecule has 1 fully saturated rings. The van der Waals surface area contributed by atoms with Gasteiger partial charge in [0.2, 0.25) is 10.0 Å². The number of hydrogen-bond donors (Lipinski definition) is 0. The Kier molecular flexibility index (Phi) is 5.24. The van der Waals surface area contributed by atoms with Crippen LogP contribution in [0.4, 0.5) is 10.2 Å². The van der Waals surface area contributed by atoms with Crippen molar-refractivity contribution in [1.29, 1.82) is 0 Å². The molecular formula is C18H23FN4O2S. The molecule has 6 nitrogen and oxygen atoms in total. The molecule has 26 heavy (non-hydrogen) atoms. The summed E-state index contributed by atoms with van der Waals surface area (Å²) in [6, 6.07) is 7.40. The molecule has 2 heterocycles. The van der Waals surface area contributed by atoms with Crippen LogP contribution in [-0.2, 0) is 10.0 Å². The number of rotatable bonds is 4. The van der Waals surface area contributed by atoms with Crippen LogP contribution in [0.5, 0.6) is 0 Å². The molecule has 0 radical (unpaired) electrons. The van der Waals surface area contributed by atoms with Gasteiger partial charge in [-0.2, -0.15) is 4.31 Å². The quantitative estimate of drug-likeness (QED) is 0.818. The summed E-state index contributed by atoms with van der Waals surface area (Å²) >= 11 is 0. The van der Waals surface area contributed by atoms with E-state index >= 15 is 0 Å². The van der Waals surface area contributed by atoms with Crippen LogP contribution in [0.15, 0.2) is 35.2 Å². The second-order valence-corrected chi connectivity index (χ2v) is 8.61. The van der Waals surface area contributed by atoms with Crippen molar-refractivity contribution in [2.45, 2.75) is 31.6 Å². The molecule has 0 amide bonds. The predicted molar refractivity (Wildman–Crippen MR) is 98.2 cm³/mol. The number of halogens is 1. The summed E-state index contributed by atoms with van der Waals surface area (Å²) in [5.74, 6) is 1.09. The molecule has 1 aliphatic rings. The molecule has 0 atom stereocenters. The Morgan fingerprint density at radius 1 is 1.08 bits per heavy atom. The molecule has 1 aliphatic heterocycles. The highest BCUT2D eigenvalue weighted by Gasteiger charge is 2.31. The van der Waals surface area contributed by atoms with Gasteiger partial charge in [0.1, 0.15) is 22.4 Å². The van der Waals surface area contributed by atoms with Gasteiger partial charge < -0.3 is 4.90 Å². The van der Waals surface area contributed by atoms with Crippen LogP contribution in [0.25, 0.3) is 0 Å². The summed E-state index contributed by atoms with van der Waals surface area (Å²) in [6.45, 7) is 7.59. The molecule has 0 saturated carbocycles. The second-order valence-electron chi connectivity index (χ2n) is 6.70. The first-order chi connectivity index (χ1) is 12.3. The standard InChI is InChI=1S/C18H23FN4O2S/c1-13(2)18-20-14(3)12-17(21-18)22-8-10-23(11-9-22)26(24,25)16-7-5-4-6-15(16)19/h4-7,12-13H,8-11H2,1-3H3. The fraction of sp³-hybridized carbons (Fsp3) is 0.444. The number of anilines is 1. The topological polar surface area (TPSA) is 66.4 Å². The van der Waals surface area contributed by atoms with Crippen LogP contribution >= 0.6 is 0 Å². The number of aromatic nitrogens is 2. The minimum atomic E-state index is -3.83. The highest BCUT2D eigenvalue weighted by atomic mass is 32.2. The zero-order valence-electron chi connectivity index (χ0n) is 15.2. The summed E-state index contributed by atoms with van der Waals surface area (Å²) in [5, 5.41) is 0. The van der Waals surface area contributed by atoms with Crippen molar-refractivity contribution in [1.82, 2.24) is 14.3 Å². The second kappa shape index (κ2) is 7.28. The molecular weight excluding hydrogens is 355 g/mol. The number of benzene rings is 1. The van der Waals surface area contributed by atoms with Gasteiger partial charge in [0, 0.05) is 43.9 Å². The fourth-order valence-corrected chi connectivity index (χ4v) is 4.43. The number of piperazine rings is 1. The van der Waals surface area contributed by atoms with Gasteiger partial charge in [0.25, 0.3) is 0 Å². The first-order valence-corrected chi connectivity index (χ1v) is 10.1. The van der Waals surface area contributed by atoms with Crippen LogP contribution in [0.2, 0.25) is 0 Å². The minimum Gasteiger partial charge on any atom is -0.354 e. The maximum Gasteiger partial charge on any atom is 0.246 e. The van der Waals surface area contributed by atoms with Crippen molar-refractivity contribution >= 4 is 15.8 Å². The molecule has 3 rings (SSSR count). The van der Waals surface area contributed by atoms with Gasteiger partial charge in [-0.05, 0) is 19.1 Å². The minimum absolute atomic E-state index is 0.219. The van der Waals surface area contributed by atoms with E-state index in [-0.39, 0.29) is 23.9 Å². The molecule has 0 N–H and O–H groups in total. The monoisotopic (exact) mass is 378 g/mol. The van der Waals surface area contributed by atoms with Gasteiger partial charge in [-0.15, -0.1) is 0 Å². The van der Waals surface area contributed by atoms with Crippen LogP contribution in [-0.4, -0.2) is 48.9 Å². The van der Waals surface area contributed by atoms with Crippen molar-refractivity contribution in [3.8, 4) is 0 Å². The lowest BCUT2D eigenvalue weighted by Crippen LogP contribution is -2.49. The molecule has 1 aromatic carbocycles. The number of hydrogen-bond acceptors (Lipinski definition) is 5. The third-order valence-corrected chi connectivity index (χ3v) is 6.32. The predicted octanol–water partition coefficient (Wildman–Crippen LogP) is 2.56. The van der Waals surface area contributed by atoms with Gasteiger partial charge in [0.05, 0.1) is 0 Å². The normalized spacial score (nSPS) is 16.3. The number of aryl methyl sites for hydroxylation is 1. The smallest absolute Gasteiger partial charge is 0.246 e. The molecule has 1 aromatic heterocycles. The first-order valence-electron chi connectivity index (χ1n) is 8.64. The third kappa shape index (κ3) is 3.71. The van der Waals surface area contributed by atoms with Crippen molar-refractivity contribution in [3.05, 3.63) is 47.7 Å². The summed E-state index contributed by atoms with van der Waals surface area (Å²) in [5.41, 5.74) is 0.889. The van der Waals surface area contributed by atoms with E-state index in [1.54, 1.807) is 0 Å². The molecule has 0 bridgehead atoms. The average molecular weight is 378 g/mol. The highest BCUT2D eigenvalue weighted by molar-refractivity contribution is 7.89. The summed E-state index contributed by atoms with van der Waals surface area (Å²) < 4.78 is 40.6. The number of nitrogens with zero attached hydrogens (tertiary/aromatic N) is 4. The largest absolute Gasteiger partial charge is 0.354 e. The van der Waals surface area contributed by atoms with E-state index in [2.05, 4.69) is 9.97 Å². The Morgan fingerprint density at radius 2 is 1.73 bits per heavy atom. The van der Waals surface area contributed by atoms with Crippen molar-refractivity contribution in [2.24, 2.45) is 0 Å². The van der Waals surface area contributed by atoms with E-state index in [0.717, 1.165) is 17.3 Å². The van der Waals surface area contributed by atoms with Crippen molar-refractivity contribution in [2.75, 3.05) is 31.1 Å². The fourth-order valence-electron chi connectivity index (χ4n) is 2.95. The van der Waals surface area contributed by atoms with Gasteiger partial charge in [-0.25, -0.2) is 22.8 Å². The van der Waals surface area contributed by atoms with Crippen LogP contribution in [0.3, 0.4) is 0 Å². The Hall–Kier alpha value is -2.06. The Morgan fingerprint density at radius 3 is 2.35 bits per heavy atom. The van der Waals surface area contributed by atoms with E-state index in [0.29, 0.717) is 13.1 Å². The third-order valence-electron chi connectivity index (χ3n) is 4.39. The maximum atomic E-state index is 13.9. The molecule has 0 unspecified atom stereocenters. The Labute approximate surface area is 153 Å². The van der Waals surface area contributed by atoms with E-state index in [1.807, 2.05) is 31.7 Å². The van der Waals surface area contributed by atoms with Crippen LogP contribution < -0.4 is 4.90 Å². The van der Waals surface area contributed by atoms with Gasteiger partial charge >= 0.3 is 0 Å². The van der Waals surface area contributed by atoms with E-state index in [9.17, 15) is 12.8 Å². The first kappa shape index (κ1) is 18.7. The van der Waals surface area contributed by atoms with Gasteiger partial charge in [0.15, 0.2) is 0 Å². The molecule has 8 heteroatoms. The molecule has 2 aromatic rings. The zero-order valence-corrected chi connectivity index (χ0v) is 16.0. The summed E-state index contributed by atoms with van der Waals surface area (Å²) in [6.07, 6.45) is 0. The maximum absolute atomic E-state index is 13.9. The molecule has 1 saturated heterocycles. The summed E-state index contributed by atoms with van der Waals surface area (Å²) in [7, 11) is -3.83. The van der Waals surface area contributed by atoms with Gasteiger partial charge in [-0.1, -0.05) is 26.0 Å². The average Bonchev–Trinajstić information content (AvgIpc) is 2.61. The molecule has 0 spiro atoms.